The quantitative estimate of drug-likeness (QED) is 0.683. The standard InChI is InChI=1S/C11H17N3O2S.ClH/c12-6-10-3-1-2-4-13(10)7-9-5-11(14(15)16)17-8-9;/h5,8,10H,1-4,6-7,12H2;1H. The molecule has 102 valence electrons. The second-order valence-corrected chi connectivity index (χ2v) is 5.30. The van der Waals surface area contributed by atoms with Gasteiger partial charge in [0.25, 0.3) is 0 Å². The van der Waals surface area contributed by atoms with Crippen LogP contribution in [0.25, 0.3) is 0 Å². The Labute approximate surface area is 117 Å². The number of halogens is 1. The molecule has 1 aliphatic rings. The van der Waals surface area contributed by atoms with Crippen LogP contribution in [0.5, 0.6) is 0 Å². The average molecular weight is 292 g/mol. The molecule has 0 spiro atoms. The highest BCUT2D eigenvalue weighted by Gasteiger charge is 2.22. The Morgan fingerprint density at radius 2 is 2.33 bits per heavy atom. The largest absolute Gasteiger partial charge is 0.329 e. The minimum absolute atomic E-state index is 0. The molecule has 0 radical (unpaired) electrons. The molecular weight excluding hydrogens is 274 g/mol. The molecule has 2 N–H and O–H groups in total. The fourth-order valence-corrected chi connectivity index (χ4v) is 3.03. The Hall–Kier alpha value is -0.690. The summed E-state index contributed by atoms with van der Waals surface area (Å²) < 4.78 is 0. The number of rotatable bonds is 4. The molecule has 0 aromatic carbocycles. The van der Waals surface area contributed by atoms with Crippen LogP contribution in [0.2, 0.25) is 0 Å². The van der Waals surface area contributed by atoms with Crippen LogP contribution < -0.4 is 5.73 Å². The van der Waals surface area contributed by atoms with Crippen molar-refractivity contribution in [1.82, 2.24) is 4.90 Å². The van der Waals surface area contributed by atoms with E-state index in [2.05, 4.69) is 4.90 Å². The Morgan fingerprint density at radius 1 is 1.56 bits per heavy atom. The lowest BCUT2D eigenvalue weighted by atomic mass is 10.0. The van der Waals surface area contributed by atoms with Crippen molar-refractivity contribution in [3.05, 3.63) is 27.1 Å². The third-order valence-corrected chi connectivity index (χ3v) is 4.16. The van der Waals surface area contributed by atoms with E-state index >= 15 is 0 Å². The molecule has 0 amide bonds. The number of hydrogen-bond donors (Lipinski definition) is 1. The lowest BCUT2D eigenvalue weighted by Gasteiger charge is -2.34. The summed E-state index contributed by atoms with van der Waals surface area (Å²) in [4.78, 5) is 12.6. The Morgan fingerprint density at radius 3 is 2.94 bits per heavy atom. The fraction of sp³-hybridized carbons (Fsp3) is 0.636. The van der Waals surface area contributed by atoms with Gasteiger partial charge in [-0.3, -0.25) is 15.0 Å². The van der Waals surface area contributed by atoms with Gasteiger partial charge in [-0.25, -0.2) is 0 Å². The number of nitro groups is 1. The summed E-state index contributed by atoms with van der Waals surface area (Å²) in [6.45, 7) is 2.50. The van der Waals surface area contributed by atoms with Gasteiger partial charge in [-0.05, 0) is 24.9 Å². The Balaban J connectivity index is 0.00000162. The second-order valence-electron chi connectivity index (χ2n) is 4.41. The molecule has 1 unspecified atom stereocenters. The molecule has 5 nitrogen and oxygen atoms in total. The number of nitrogens with zero attached hydrogens (tertiary/aromatic N) is 2. The molecule has 1 atom stereocenters. The maximum absolute atomic E-state index is 10.6. The minimum atomic E-state index is -0.329. The Bertz CT molecular complexity index is 399. The highest BCUT2D eigenvalue weighted by Crippen LogP contribution is 2.25. The van der Waals surface area contributed by atoms with Gasteiger partial charge in [0.15, 0.2) is 0 Å². The van der Waals surface area contributed by atoms with Gasteiger partial charge in [0.1, 0.15) is 0 Å². The number of thiophene rings is 1. The molecule has 18 heavy (non-hydrogen) atoms. The van der Waals surface area contributed by atoms with Crippen molar-refractivity contribution in [2.24, 2.45) is 5.73 Å². The van der Waals surface area contributed by atoms with Gasteiger partial charge in [0.05, 0.1) is 4.92 Å². The van der Waals surface area contributed by atoms with Crippen LogP contribution in [0.15, 0.2) is 11.4 Å². The topological polar surface area (TPSA) is 72.4 Å². The monoisotopic (exact) mass is 291 g/mol. The van der Waals surface area contributed by atoms with Crippen molar-refractivity contribution in [2.45, 2.75) is 31.8 Å². The van der Waals surface area contributed by atoms with Crippen molar-refractivity contribution in [1.29, 1.82) is 0 Å². The lowest BCUT2D eigenvalue weighted by molar-refractivity contribution is -0.380. The van der Waals surface area contributed by atoms with E-state index in [0.29, 0.717) is 12.6 Å². The molecule has 1 fully saturated rings. The van der Waals surface area contributed by atoms with Gasteiger partial charge in [-0.15, -0.1) is 12.4 Å². The zero-order chi connectivity index (χ0) is 12.3. The van der Waals surface area contributed by atoms with E-state index in [1.807, 2.05) is 5.38 Å². The molecule has 2 heterocycles. The maximum Gasteiger partial charge on any atom is 0.324 e. The maximum atomic E-state index is 10.6. The number of likely N-dealkylation sites (tertiary alicyclic amines) is 1. The smallest absolute Gasteiger partial charge is 0.324 e. The minimum Gasteiger partial charge on any atom is -0.329 e. The molecular formula is C11H18ClN3O2S. The summed E-state index contributed by atoms with van der Waals surface area (Å²) in [6, 6.07) is 2.11. The van der Waals surface area contributed by atoms with Crippen molar-refractivity contribution < 1.29 is 4.92 Å². The zero-order valence-electron chi connectivity index (χ0n) is 10.1. The first kappa shape index (κ1) is 15.4. The molecule has 0 bridgehead atoms. The third-order valence-electron chi connectivity index (χ3n) is 3.23. The van der Waals surface area contributed by atoms with Crippen LogP contribution in [0.4, 0.5) is 5.00 Å². The van der Waals surface area contributed by atoms with Gasteiger partial charge in [-0.1, -0.05) is 17.8 Å². The fourth-order valence-electron chi connectivity index (χ4n) is 2.31. The molecule has 7 heteroatoms. The van der Waals surface area contributed by atoms with Crippen molar-refractivity contribution in [3.8, 4) is 0 Å². The molecule has 1 aromatic rings. The van der Waals surface area contributed by atoms with E-state index in [0.717, 1.165) is 25.1 Å². The molecule has 1 aromatic heterocycles. The number of hydrogen-bond acceptors (Lipinski definition) is 5. The van der Waals surface area contributed by atoms with Gasteiger partial charge in [0.2, 0.25) is 0 Å². The molecule has 1 saturated heterocycles. The SMILES string of the molecule is Cl.NCC1CCCCN1Cc1csc([N+](=O)[O-])c1. The number of nitrogens with two attached hydrogens (primary N) is 1. The predicted molar refractivity (Wildman–Crippen MR) is 75.3 cm³/mol. The van der Waals surface area contributed by atoms with Gasteiger partial charge >= 0.3 is 5.00 Å². The van der Waals surface area contributed by atoms with E-state index in [1.54, 1.807) is 6.07 Å². The third kappa shape index (κ3) is 3.65. The first-order valence-corrected chi connectivity index (χ1v) is 6.74. The molecule has 1 aliphatic heterocycles. The van der Waals surface area contributed by atoms with E-state index < -0.39 is 0 Å². The summed E-state index contributed by atoms with van der Waals surface area (Å²) in [5.41, 5.74) is 6.78. The average Bonchev–Trinajstić information content (AvgIpc) is 2.78. The van der Waals surface area contributed by atoms with E-state index in [-0.39, 0.29) is 22.3 Å². The van der Waals surface area contributed by atoms with E-state index in [4.69, 9.17) is 5.73 Å². The van der Waals surface area contributed by atoms with Crippen molar-refractivity contribution in [2.75, 3.05) is 13.1 Å². The second kappa shape index (κ2) is 7.04. The zero-order valence-corrected chi connectivity index (χ0v) is 11.7. The van der Waals surface area contributed by atoms with Crippen LogP contribution in [0.1, 0.15) is 24.8 Å². The summed E-state index contributed by atoms with van der Waals surface area (Å²) in [7, 11) is 0. The van der Waals surface area contributed by atoms with Crippen LogP contribution >= 0.6 is 23.7 Å². The van der Waals surface area contributed by atoms with Gasteiger partial charge in [-0.2, -0.15) is 0 Å². The van der Waals surface area contributed by atoms with Crippen LogP contribution in [-0.4, -0.2) is 29.0 Å². The summed E-state index contributed by atoms with van der Waals surface area (Å²) in [6.07, 6.45) is 3.58. The highest BCUT2D eigenvalue weighted by molar-refractivity contribution is 7.13. The van der Waals surface area contributed by atoms with E-state index in [9.17, 15) is 10.1 Å². The van der Waals surface area contributed by atoms with Crippen LogP contribution in [-0.2, 0) is 6.54 Å². The van der Waals surface area contributed by atoms with Crippen molar-refractivity contribution in [3.63, 3.8) is 0 Å². The Kier molecular flexibility index (Phi) is 6.01. The summed E-state index contributed by atoms with van der Waals surface area (Å²) in [5.74, 6) is 0. The molecule has 0 saturated carbocycles. The van der Waals surface area contributed by atoms with Crippen LogP contribution in [0.3, 0.4) is 0 Å². The van der Waals surface area contributed by atoms with E-state index in [1.165, 1.54) is 24.2 Å². The first-order chi connectivity index (χ1) is 8.20. The summed E-state index contributed by atoms with van der Waals surface area (Å²) >= 11 is 1.20. The molecule has 0 aliphatic carbocycles. The lowest BCUT2D eigenvalue weighted by Crippen LogP contribution is -2.43. The molecule has 2 rings (SSSR count). The summed E-state index contributed by atoms with van der Waals surface area (Å²) in [5, 5.41) is 12.7. The van der Waals surface area contributed by atoms with Crippen LogP contribution in [0, 0.1) is 10.1 Å². The first-order valence-electron chi connectivity index (χ1n) is 5.86. The van der Waals surface area contributed by atoms with Gasteiger partial charge < -0.3 is 5.73 Å². The normalized spacial score (nSPS) is 20.4. The highest BCUT2D eigenvalue weighted by atomic mass is 35.5. The number of piperidine rings is 1. The predicted octanol–water partition coefficient (Wildman–Crippen LogP) is 2.39. The van der Waals surface area contributed by atoms with Gasteiger partial charge in [0, 0.05) is 30.6 Å². The van der Waals surface area contributed by atoms with Crippen molar-refractivity contribution >= 4 is 28.7 Å².